The molecule has 0 spiro atoms. The lowest BCUT2D eigenvalue weighted by Gasteiger charge is -2.25. The maximum Gasteiger partial charge on any atom is 0.325 e. The van der Waals surface area contributed by atoms with Crippen molar-refractivity contribution in [3.63, 3.8) is 0 Å². The highest BCUT2D eigenvalue weighted by molar-refractivity contribution is 6.09. The Hall–Kier alpha value is -3.19. The van der Waals surface area contributed by atoms with Crippen molar-refractivity contribution in [2.24, 2.45) is 0 Å². The van der Waals surface area contributed by atoms with Gasteiger partial charge < -0.3 is 15.5 Å². The number of aryl methyl sites for hydroxylation is 1. The largest absolute Gasteiger partial charge is 0.353 e. The van der Waals surface area contributed by atoms with Crippen LogP contribution in [0, 0.1) is 6.92 Å². The van der Waals surface area contributed by atoms with Gasteiger partial charge in [-0.3, -0.25) is 14.5 Å². The zero-order valence-electron chi connectivity index (χ0n) is 18.5. The van der Waals surface area contributed by atoms with Gasteiger partial charge in [0.15, 0.2) is 0 Å². The average Bonchev–Trinajstić information content (AvgIpc) is 2.96. The first-order valence-electron chi connectivity index (χ1n) is 10.4. The van der Waals surface area contributed by atoms with E-state index in [0.29, 0.717) is 12.1 Å². The van der Waals surface area contributed by atoms with Gasteiger partial charge in [-0.2, -0.15) is 0 Å². The highest BCUT2D eigenvalue weighted by Crippen LogP contribution is 2.28. The van der Waals surface area contributed by atoms with Gasteiger partial charge >= 0.3 is 6.03 Å². The lowest BCUT2D eigenvalue weighted by Crippen LogP contribution is -2.46. The summed E-state index contributed by atoms with van der Waals surface area (Å²) in [7, 11) is 3.93. The van der Waals surface area contributed by atoms with Crippen LogP contribution >= 0.6 is 0 Å². The third kappa shape index (κ3) is 5.11. The number of likely N-dealkylation sites (N-methyl/N-ethyl adjacent to an activating group) is 1. The third-order valence-electron chi connectivity index (χ3n) is 5.78. The Balaban J connectivity index is 1.61. The Morgan fingerprint density at radius 1 is 1.10 bits per heavy atom. The molecule has 7 heteroatoms. The Morgan fingerprint density at radius 3 is 2.35 bits per heavy atom. The van der Waals surface area contributed by atoms with E-state index in [-0.39, 0.29) is 18.5 Å². The minimum absolute atomic E-state index is 0.0901. The Kier molecular flexibility index (Phi) is 6.75. The second kappa shape index (κ2) is 9.31. The van der Waals surface area contributed by atoms with Crippen LogP contribution in [-0.2, 0) is 21.5 Å². The number of carbonyl (C=O) groups is 3. The molecule has 31 heavy (non-hydrogen) atoms. The first-order valence-corrected chi connectivity index (χ1v) is 10.4. The van der Waals surface area contributed by atoms with Crippen molar-refractivity contribution in [2.75, 3.05) is 27.2 Å². The average molecular weight is 423 g/mol. The summed E-state index contributed by atoms with van der Waals surface area (Å²) in [4.78, 5) is 41.1. The molecule has 0 saturated carbocycles. The molecule has 0 bridgehead atoms. The fraction of sp³-hybridized carbons (Fsp3) is 0.375. The van der Waals surface area contributed by atoms with Crippen molar-refractivity contribution in [1.82, 2.24) is 20.4 Å². The van der Waals surface area contributed by atoms with Gasteiger partial charge in [-0.1, -0.05) is 60.2 Å². The van der Waals surface area contributed by atoms with Crippen LogP contribution in [0.25, 0.3) is 0 Å². The number of nitrogens with zero attached hydrogens (tertiary/aromatic N) is 2. The van der Waals surface area contributed by atoms with Crippen LogP contribution in [0.1, 0.15) is 23.6 Å². The van der Waals surface area contributed by atoms with E-state index < -0.39 is 17.5 Å². The minimum atomic E-state index is -1.18. The summed E-state index contributed by atoms with van der Waals surface area (Å²) in [5, 5.41) is 5.61. The summed E-state index contributed by atoms with van der Waals surface area (Å²) in [5.41, 5.74) is 1.75. The molecule has 2 aromatic rings. The lowest BCUT2D eigenvalue weighted by atomic mass is 9.91. The summed E-state index contributed by atoms with van der Waals surface area (Å²) < 4.78 is 0. The van der Waals surface area contributed by atoms with Gasteiger partial charge in [0.2, 0.25) is 5.91 Å². The lowest BCUT2D eigenvalue weighted by molar-refractivity contribution is -0.134. The molecule has 164 valence electrons. The van der Waals surface area contributed by atoms with Gasteiger partial charge in [0, 0.05) is 12.6 Å². The molecule has 4 amide bonds. The molecule has 3 rings (SSSR count). The highest BCUT2D eigenvalue weighted by Gasteiger charge is 2.49. The summed E-state index contributed by atoms with van der Waals surface area (Å²) in [6.07, 6.45) is 0.781. The number of urea groups is 1. The predicted molar refractivity (Wildman–Crippen MR) is 119 cm³/mol. The zero-order chi connectivity index (χ0) is 22.6. The van der Waals surface area contributed by atoms with Crippen molar-refractivity contribution >= 4 is 17.8 Å². The topological polar surface area (TPSA) is 81.8 Å². The zero-order valence-corrected chi connectivity index (χ0v) is 18.5. The quantitative estimate of drug-likeness (QED) is 0.638. The second-order valence-electron chi connectivity index (χ2n) is 8.42. The number of carbonyl (C=O) groups excluding carboxylic acids is 3. The fourth-order valence-corrected chi connectivity index (χ4v) is 3.68. The standard InChI is InChI=1S/C24H30N4O3/c1-17-10-12-19(13-11-17)24(2)22(30)28(23(31)26-24)16-21(29)25-15-20(27(3)4)14-18-8-6-5-7-9-18/h5-13,20H,14-16H2,1-4H3,(H,25,29)(H,26,31). The molecule has 2 aromatic carbocycles. The molecule has 1 heterocycles. The molecule has 2 unspecified atom stereocenters. The first kappa shape index (κ1) is 22.5. The molecule has 0 aromatic heterocycles. The normalized spacial score (nSPS) is 19.5. The second-order valence-corrected chi connectivity index (χ2v) is 8.42. The number of benzene rings is 2. The number of amides is 4. The SMILES string of the molecule is Cc1ccc(C2(C)NC(=O)N(CC(=O)NCC(Cc3ccccc3)N(C)C)C2=O)cc1. The molecular weight excluding hydrogens is 392 g/mol. The molecular formula is C24H30N4O3. The number of hydrogen-bond donors (Lipinski definition) is 2. The van der Waals surface area contributed by atoms with Crippen molar-refractivity contribution in [3.8, 4) is 0 Å². The minimum Gasteiger partial charge on any atom is -0.353 e. The van der Waals surface area contributed by atoms with Crippen LogP contribution in [0.5, 0.6) is 0 Å². The number of rotatable bonds is 8. The van der Waals surface area contributed by atoms with Crippen LogP contribution in [0.4, 0.5) is 4.79 Å². The number of hydrogen-bond acceptors (Lipinski definition) is 4. The molecule has 2 atom stereocenters. The summed E-state index contributed by atoms with van der Waals surface area (Å²) in [6, 6.07) is 17.0. The Labute approximate surface area is 183 Å². The van der Waals surface area contributed by atoms with E-state index in [2.05, 4.69) is 27.7 Å². The van der Waals surface area contributed by atoms with E-state index in [1.807, 2.05) is 63.5 Å². The van der Waals surface area contributed by atoms with Crippen molar-refractivity contribution in [1.29, 1.82) is 0 Å². The van der Waals surface area contributed by atoms with Crippen molar-refractivity contribution in [2.45, 2.75) is 31.8 Å². The third-order valence-corrected chi connectivity index (χ3v) is 5.78. The molecule has 0 radical (unpaired) electrons. The maximum absolute atomic E-state index is 13.0. The van der Waals surface area contributed by atoms with Crippen LogP contribution < -0.4 is 10.6 Å². The van der Waals surface area contributed by atoms with Crippen LogP contribution in [0.3, 0.4) is 0 Å². The first-order chi connectivity index (χ1) is 14.7. The highest BCUT2D eigenvalue weighted by atomic mass is 16.2. The van der Waals surface area contributed by atoms with E-state index >= 15 is 0 Å². The van der Waals surface area contributed by atoms with Gasteiger partial charge in [-0.05, 0) is 45.5 Å². The number of imide groups is 1. The van der Waals surface area contributed by atoms with Crippen LogP contribution in [0.15, 0.2) is 54.6 Å². The van der Waals surface area contributed by atoms with Gasteiger partial charge in [-0.15, -0.1) is 0 Å². The molecule has 7 nitrogen and oxygen atoms in total. The Bertz CT molecular complexity index is 943. The molecule has 2 N–H and O–H groups in total. The van der Waals surface area contributed by atoms with Gasteiger partial charge in [0.05, 0.1) is 0 Å². The van der Waals surface area contributed by atoms with Gasteiger partial charge in [0.1, 0.15) is 12.1 Å². The van der Waals surface area contributed by atoms with E-state index in [9.17, 15) is 14.4 Å². The molecule has 0 aliphatic carbocycles. The molecule has 1 saturated heterocycles. The van der Waals surface area contributed by atoms with Crippen molar-refractivity contribution in [3.05, 3.63) is 71.3 Å². The van der Waals surface area contributed by atoms with E-state index in [1.54, 1.807) is 6.92 Å². The van der Waals surface area contributed by atoms with E-state index in [0.717, 1.165) is 16.9 Å². The van der Waals surface area contributed by atoms with Crippen LogP contribution in [-0.4, -0.2) is 60.9 Å². The smallest absolute Gasteiger partial charge is 0.325 e. The predicted octanol–water partition coefficient (Wildman–Crippen LogP) is 2.05. The van der Waals surface area contributed by atoms with E-state index in [1.165, 1.54) is 5.56 Å². The summed E-state index contributed by atoms with van der Waals surface area (Å²) in [5.74, 6) is -0.790. The van der Waals surface area contributed by atoms with Gasteiger partial charge in [-0.25, -0.2) is 4.79 Å². The summed E-state index contributed by atoms with van der Waals surface area (Å²) >= 11 is 0. The molecule has 1 aliphatic heterocycles. The summed E-state index contributed by atoms with van der Waals surface area (Å²) in [6.45, 7) is 3.73. The van der Waals surface area contributed by atoms with E-state index in [4.69, 9.17) is 0 Å². The van der Waals surface area contributed by atoms with Crippen molar-refractivity contribution < 1.29 is 14.4 Å². The molecule has 1 aliphatic rings. The number of nitrogens with one attached hydrogen (secondary N) is 2. The fourth-order valence-electron chi connectivity index (χ4n) is 3.68. The van der Waals surface area contributed by atoms with Gasteiger partial charge in [0.25, 0.3) is 5.91 Å². The van der Waals surface area contributed by atoms with Crippen LogP contribution in [0.2, 0.25) is 0 Å². The monoisotopic (exact) mass is 422 g/mol. The maximum atomic E-state index is 13.0. The molecule has 1 fully saturated rings. The Morgan fingerprint density at radius 2 is 1.74 bits per heavy atom.